The third-order valence-corrected chi connectivity index (χ3v) is 8.05. The van der Waals surface area contributed by atoms with Crippen LogP contribution in [0.15, 0.2) is 66.9 Å². The largest absolute Gasteiger partial charge is 0.497 e. The summed E-state index contributed by atoms with van der Waals surface area (Å²) in [5.41, 5.74) is 5.83. The van der Waals surface area contributed by atoms with Gasteiger partial charge in [-0.3, -0.25) is 9.89 Å². The van der Waals surface area contributed by atoms with Crippen molar-refractivity contribution in [3.8, 4) is 28.3 Å². The molecule has 186 valence electrons. The zero-order valence-electron chi connectivity index (χ0n) is 20.8. The molecular formula is C30H29N5O2. The standard InChI is InChI=1S/C30H29N5O2/c1-37-24-10-11-27-26(15-24)33-29(35(27)18-30(12-13-31-17-30)28(36)20-4-5-20)21-6-2-19(3-7-21)22-8-9-23-16-32-34-25(23)14-22/h2-3,6-11,14-16,20,31H,4-5,12-13,17-18H2,1H3,(H,32,34)/t30-/m0/s1. The third-order valence-electron chi connectivity index (χ3n) is 8.05. The number of ketones is 1. The second kappa shape index (κ2) is 8.56. The Hall–Kier alpha value is -3.97. The van der Waals surface area contributed by atoms with Crippen molar-refractivity contribution in [3.05, 3.63) is 66.9 Å². The quantitative estimate of drug-likeness (QED) is 0.326. The fourth-order valence-corrected chi connectivity index (χ4v) is 5.79. The van der Waals surface area contributed by atoms with Crippen LogP contribution in [-0.4, -0.2) is 45.7 Å². The van der Waals surface area contributed by atoms with Crippen molar-refractivity contribution in [1.29, 1.82) is 0 Å². The number of H-pyrrole nitrogens is 1. The molecule has 0 bridgehead atoms. The first-order valence-electron chi connectivity index (χ1n) is 13.0. The minimum atomic E-state index is -0.386. The Morgan fingerprint density at radius 3 is 2.62 bits per heavy atom. The van der Waals surface area contributed by atoms with Gasteiger partial charge in [0.1, 0.15) is 17.4 Å². The first-order valence-corrected chi connectivity index (χ1v) is 13.0. The Bertz CT molecular complexity index is 1620. The van der Waals surface area contributed by atoms with Crippen LogP contribution in [0, 0.1) is 11.3 Å². The lowest BCUT2D eigenvalue weighted by Gasteiger charge is -2.28. The number of nitrogens with zero attached hydrogens (tertiary/aromatic N) is 3. The van der Waals surface area contributed by atoms with Crippen molar-refractivity contribution in [2.45, 2.75) is 25.8 Å². The zero-order chi connectivity index (χ0) is 25.0. The van der Waals surface area contributed by atoms with E-state index >= 15 is 0 Å². The van der Waals surface area contributed by atoms with E-state index in [0.29, 0.717) is 12.3 Å². The molecule has 1 atom stereocenters. The molecular weight excluding hydrogens is 462 g/mol. The second-order valence-corrected chi connectivity index (χ2v) is 10.5. The summed E-state index contributed by atoms with van der Waals surface area (Å²) in [5, 5.41) is 11.8. The van der Waals surface area contributed by atoms with Gasteiger partial charge in [0.25, 0.3) is 0 Å². The van der Waals surface area contributed by atoms with Gasteiger partial charge in [0.05, 0.1) is 35.3 Å². The predicted molar refractivity (Wildman–Crippen MR) is 144 cm³/mol. The lowest BCUT2D eigenvalue weighted by atomic mass is 9.80. The lowest BCUT2D eigenvalue weighted by molar-refractivity contribution is -0.129. The first kappa shape index (κ1) is 22.2. The van der Waals surface area contributed by atoms with Gasteiger partial charge in [0, 0.05) is 36.0 Å². The number of carbonyl (C=O) groups excluding carboxylic acids is 1. The zero-order valence-corrected chi connectivity index (χ0v) is 20.8. The molecule has 0 spiro atoms. The van der Waals surface area contributed by atoms with Crippen LogP contribution in [0.4, 0.5) is 0 Å². The number of hydrogen-bond acceptors (Lipinski definition) is 5. The molecule has 7 nitrogen and oxygen atoms in total. The lowest BCUT2D eigenvalue weighted by Crippen LogP contribution is -2.39. The molecule has 2 aromatic heterocycles. The van der Waals surface area contributed by atoms with Crippen molar-refractivity contribution in [2.24, 2.45) is 11.3 Å². The Morgan fingerprint density at radius 1 is 1.05 bits per heavy atom. The monoisotopic (exact) mass is 491 g/mol. The number of imidazole rings is 1. The highest BCUT2D eigenvalue weighted by Gasteiger charge is 2.48. The fraction of sp³-hybridized carbons (Fsp3) is 0.300. The van der Waals surface area contributed by atoms with E-state index in [1.54, 1.807) is 7.11 Å². The van der Waals surface area contributed by atoms with Gasteiger partial charge in [-0.1, -0.05) is 36.4 Å². The van der Waals surface area contributed by atoms with Crippen LogP contribution in [0.3, 0.4) is 0 Å². The van der Waals surface area contributed by atoms with Crippen LogP contribution in [0.25, 0.3) is 44.5 Å². The molecule has 0 amide bonds. The highest BCUT2D eigenvalue weighted by molar-refractivity contribution is 5.90. The van der Waals surface area contributed by atoms with Crippen molar-refractivity contribution < 1.29 is 9.53 Å². The minimum absolute atomic E-state index is 0.227. The van der Waals surface area contributed by atoms with Gasteiger partial charge >= 0.3 is 0 Å². The van der Waals surface area contributed by atoms with E-state index < -0.39 is 0 Å². The van der Waals surface area contributed by atoms with E-state index in [4.69, 9.17) is 9.72 Å². The number of nitrogens with one attached hydrogen (secondary N) is 2. The normalized spacial score (nSPS) is 19.6. The molecule has 1 aliphatic carbocycles. The first-order chi connectivity index (χ1) is 18.1. The maximum absolute atomic E-state index is 13.5. The van der Waals surface area contributed by atoms with Crippen LogP contribution in [-0.2, 0) is 11.3 Å². The van der Waals surface area contributed by atoms with E-state index in [-0.39, 0.29) is 11.3 Å². The van der Waals surface area contributed by atoms with Crippen molar-refractivity contribution >= 4 is 27.7 Å². The molecule has 0 unspecified atom stereocenters. The summed E-state index contributed by atoms with van der Waals surface area (Å²) in [6.45, 7) is 2.24. The Morgan fingerprint density at radius 2 is 1.86 bits per heavy atom. The molecule has 2 fully saturated rings. The summed E-state index contributed by atoms with van der Waals surface area (Å²) in [6.07, 6.45) is 4.76. The topological polar surface area (TPSA) is 84.8 Å². The number of rotatable bonds is 7. The molecule has 7 rings (SSSR count). The van der Waals surface area contributed by atoms with Crippen molar-refractivity contribution in [3.63, 3.8) is 0 Å². The third kappa shape index (κ3) is 3.81. The summed E-state index contributed by atoms with van der Waals surface area (Å²) >= 11 is 0. The van der Waals surface area contributed by atoms with E-state index in [0.717, 1.165) is 82.6 Å². The van der Waals surface area contributed by atoms with Gasteiger partial charge in [-0.2, -0.15) is 5.10 Å². The van der Waals surface area contributed by atoms with Gasteiger partial charge in [-0.05, 0) is 55.1 Å². The van der Waals surface area contributed by atoms with Gasteiger partial charge in [-0.15, -0.1) is 0 Å². The Labute approximate surface area is 214 Å². The Balaban J connectivity index is 1.31. The number of hydrogen-bond donors (Lipinski definition) is 2. The summed E-state index contributed by atoms with van der Waals surface area (Å²) in [6, 6.07) is 20.9. The summed E-state index contributed by atoms with van der Waals surface area (Å²) < 4.78 is 7.74. The number of methoxy groups -OCH3 is 1. The molecule has 3 aromatic carbocycles. The number of ether oxygens (including phenoxy) is 1. The van der Waals surface area contributed by atoms with Crippen LogP contribution in [0.2, 0.25) is 0 Å². The summed E-state index contributed by atoms with van der Waals surface area (Å²) in [7, 11) is 1.67. The number of fused-ring (bicyclic) bond motifs is 2. The molecule has 2 N–H and O–H groups in total. The van der Waals surface area contributed by atoms with Crippen LogP contribution in [0.1, 0.15) is 19.3 Å². The fourth-order valence-electron chi connectivity index (χ4n) is 5.79. The maximum atomic E-state index is 13.5. The predicted octanol–water partition coefficient (Wildman–Crippen LogP) is 5.21. The molecule has 1 aliphatic heterocycles. The number of aromatic nitrogens is 4. The highest BCUT2D eigenvalue weighted by Crippen LogP contribution is 2.42. The Kier molecular flexibility index (Phi) is 5.15. The average Bonchev–Trinajstić information content (AvgIpc) is 3.33. The summed E-state index contributed by atoms with van der Waals surface area (Å²) in [4.78, 5) is 18.6. The number of carbonyl (C=O) groups is 1. The van der Waals surface area contributed by atoms with E-state index in [1.165, 1.54) is 0 Å². The van der Waals surface area contributed by atoms with Crippen LogP contribution >= 0.6 is 0 Å². The minimum Gasteiger partial charge on any atom is -0.497 e. The second-order valence-electron chi connectivity index (χ2n) is 10.5. The van der Waals surface area contributed by atoms with Gasteiger partial charge in [-0.25, -0.2) is 4.98 Å². The molecule has 37 heavy (non-hydrogen) atoms. The van der Waals surface area contributed by atoms with Crippen molar-refractivity contribution in [2.75, 3.05) is 20.2 Å². The molecule has 2 aliphatic rings. The van der Waals surface area contributed by atoms with E-state index in [1.807, 2.05) is 18.3 Å². The van der Waals surface area contributed by atoms with Gasteiger partial charge < -0.3 is 14.6 Å². The molecule has 7 heteroatoms. The number of benzene rings is 3. The molecule has 3 heterocycles. The summed E-state index contributed by atoms with van der Waals surface area (Å²) in [5.74, 6) is 2.31. The van der Waals surface area contributed by atoms with E-state index in [9.17, 15) is 4.79 Å². The van der Waals surface area contributed by atoms with Gasteiger partial charge in [0.2, 0.25) is 0 Å². The smallest absolute Gasteiger partial charge is 0.145 e. The molecule has 0 radical (unpaired) electrons. The number of Topliss-reactive ketones (excluding diaryl/α,β-unsaturated/α-hetero) is 1. The molecule has 1 saturated carbocycles. The van der Waals surface area contributed by atoms with Crippen LogP contribution in [0.5, 0.6) is 5.75 Å². The van der Waals surface area contributed by atoms with Crippen LogP contribution < -0.4 is 10.1 Å². The average molecular weight is 492 g/mol. The maximum Gasteiger partial charge on any atom is 0.145 e. The van der Waals surface area contributed by atoms with Gasteiger partial charge in [0.15, 0.2) is 0 Å². The number of aromatic amines is 1. The SMILES string of the molecule is COc1ccc2c(c1)nc(-c1ccc(-c3ccc4cn[nH]c4c3)cc1)n2C[C@]1(C(=O)C2CC2)CCNC1. The molecule has 5 aromatic rings. The van der Waals surface area contributed by atoms with Crippen molar-refractivity contribution in [1.82, 2.24) is 25.1 Å². The molecule has 1 saturated heterocycles. The van der Waals surface area contributed by atoms with E-state index in [2.05, 4.69) is 68.6 Å². The highest BCUT2D eigenvalue weighted by atomic mass is 16.5.